The van der Waals surface area contributed by atoms with Crippen molar-refractivity contribution >= 4 is 47.4 Å². The van der Waals surface area contributed by atoms with Crippen molar-refractivity contribution in [3.8, 4) is 0 Å². The van der Waals surface area contributed by atoms with Crippen molar-refractivity contribution in [1.29, 1.82) is 0 Å². The Morgan fingerprint density at radius 2 is 1.50 bits per heavy atom. The van der Waals surface area contributed by atoms with Gasteiger partial charge in [0.2, 0.25) is 35.4 Å². The van der Waals surface area contributed by atoms with Crippen molar-refractivity contribution in [2.45, 2.75) is 121 Å². The van der Waals surface area contributed by atoms with E-state index in [1.54, 1.807) is 19.1 Å². The lowest BCUT2D eigenvalue weighted by Crippen LogP contribution is -2.61. The summed E-state index contributed by atoms with van der Waals surface area (Å²) in [6.07, 6.45) is 2.27. The molecule has 10 N–H and O–H groups in total. The normalized spacial score (nSPS) is 21.9. The number of hydrogen-bond acceptors (Lipinski definition) is 9. The number of aryl methyl sites for hydroxylation is 1. The number of carbonyl (C=O) groups excluding carboxylic acids is 7. The summed E-state index contributed by atoms with van der Waals surface area (Å²) in [5.41, 5.74) is 7.17. The zero-order valence-electron chi connectivity index (χ0n) is 36.2. The summed E-state index contributed by atoms with van der Waals surface area (Å²) in [7, 11) is 2.82. The molecule has 7 atom stereocenters. The van der Waals surface area contributed by atoms with E-state index < -0.39 is 96.0 Å². The van der Waals surface area contributed by atoms with Crippen LogP contribution >= 0.6 is 0 Å². The van der Waals surface area contributed by atoms with E-state index in [1.807, 2.05) is 55.5 Å². The lowest BCUT2D eigenvalue weighted by molar-refractivity contribution is -0.143. The van der Waals surface area contributed by atoms with Gasteiger partial charge in [0, 0.05) is 27.1 Å². The summed E-state index contributed by atoms with van der Waals surface area (Å²) in [6, 6.07) is 9.93. The highest BCUT2D eigenvalue weighted by atomic mass is 16.4. The minimum atomic E-state index is -1.43. The zero-order valence-corrected chi connectivity index (χ0v) is 36.2. The molecule has 2 aromatic rings. The lowest BCUT2D eigenvalue weighted by atomic mass is 9.96. The van der Waals surface area contributed by atoms with E-state index in [2.05, 4.69) is 37.2 Å². The fraction of sp³-hybridized carbons (Fsp3) is 0.545. The van der Waals surface area contributed by atoms with Crippen molar-refractivity contribution in [2.24, 2.45) is 11.7 Å². The molecule has 1 fully saturated rings. The minimum absolute atomic E-state index is 0.0456. The van der Waals surface area contributed by atoms with Crippen LogP contribution in [0.4, 0.5) is 4.79 Å². The number of benzene rings is 2. The SMILES string of the molecule is CCC(C)C1NC(=O)C(NC(=O)NC(CCCCN)C(=O)O)CCCCNC(=O)C(Cc2ccccc2)N(C)C(=O)C(CC(=O)NC)NC(=O)C(CCc2ccccc2)NC1=O. The summed E-state index contributed by atoms with van der Waals surface area (Å²) in [5.74, 6) is -5.66. The number of nitrogens with one attached hydrogen (secondary N) is 7. The van der Waals surface area contributed by atoms with Crippen LogP contribution in [0.2, 0.25) is 0 Å². The molecule has 7 unspecified atom stereocenters. The van der Waals surface area contributed by atoms with Gasteiger partial charge in [-0.3, -0.25) is 28.8 Å². The number of carboxylic acid groups (broad SMARTS) is 1. The van der Waals surface area contributed by atoms with Crippen molar-refractivity contribution in [3.05, 3.63) is 71.8 Å². The fourth-order valence-electron chi connectivity index (χ4n) is 7.02. The summed E-state index contributed by atoms with van der Waals surface area (Å²) < 4.78 is 0. The first kappa shape index (κ1) is 50.3. The number of hydrogen-bond donors (Lipinski definition) is 9. The molecule has 1 heterocycles. The highest BCUT2D eigenvalue weighted by Crippen LogP contribution is 2.15. The minimum Gasteiger partial charge on any atom is -0.480 e. The molecule has 3 rings (SSSR count). The van der Waals surface area contributed by atoms with Crippen LogP contribution in [-0.2, 0) is 46.4 Å². The Hall–Kier alpha value is -6.04. The monoisotopic (exact) mass is 863 g/mol. The predicted octanol–water partition coefficient (Wildman–Crippen LogP) is 0.876. The van der Waals surface area contributed by atoms with E-state index in [0.29, 0.717) is 45.1 Å². The topological polar surface area (TPSA) is 270 Å². The van der Waals surface area contributed by atoms with Crippen LogP contribution in [0.3, 0.4) is 0 Å². The molecule has 1 saturated heterocycles. The van der Waals surface area contributed by atoms with Gasteiger partial charge in [-0.2, -0.15) is 0 Å². The van der Waals surface area contributed by atoms with Crippen LogP contribution in [0, 0.1) is 5.92 Å². The maximum atomic E-state index is 14.3. The number of nitrogens with two attached hydrogens (primary N) is 1. The van der Waals surface area contributed by atoms with Gasteiger partial charge in [0.15, 0.2) is 0 Å². The first-order chi connectivity index (χ1) is 29.7. The van der Waals surface area contributed by atoms with Crippen LogP contribution in [-0.4, -0.2) is 121 Å². The molecule has 8 amide bonds. The molecule has 0 aromatic heterocycles. The summed E-state index contributed by atoms with van der Waals surface area (Å²) in [4.78, 5) is 110. The first-order valence-electron chi connectivity index (χ1n) is 21.4. The van der Waals surface area contributed by atoms with Crippen LogP contribution in [0.5, 0.6) is 0 Å². The second-order valence-electron chi connectivity index (χ2n) is 15.7. The molecule has 0 spiro atoms. The third-order valence-electron chi connectivity index (χ3n) is 11.1. The molecule has 2 aromatic carbocycles. The summed E-state index contributed by atoms with van der Waals surface area (Å²) in [6.45, 7) is 4.04. The van der Waals surface area contributed by atoms with Gasteiger partial charge in [-0.05, 0) is 75.0 Å². The summed E-state index contributed by atoms with van der Waals surface area (Å²) in [5, 5.41) is 28.4. The number of carboxylic acids is 1. The molecule has 0 radical (unpaired) electrons. The van der Waals surface area contributed by atoms with Gasteiger partial charge in [0.1, 0.15) is 36.3 Å². The third-order valence-corrected chi connectivity index (χ3v) is 11.1. The quantitative estimate of drug-likeness (QED) is 0.108. The lowest BCUT2D eigenvalue weighted by Gasteiger charge is -2.32. The number of carbonyl (C=O) groups is 8. The predicted molar refractivity (Wildman–Crippen MR) is 232 cm³/mol. The molecular formula is C44H65N9O9. The maximum Gasteiger partial charge on any atom is 0.326 e. The third kappa shape index (κ3) is 16.4. The van der Waals surface area contributed by atoms with Gasteiger partial charge in [0.25, 0.3) is 0 Å². The number of nitrogens with zero attached hydrogens (tertiary/aromatic N) is 1. The standard InChI is InChI=1S/C44H65N9O9/c1-5-28(2)37-41(58)48-32(23-22-29-16-8-6-9-17-29)38(55)49-34(27-36(54)46-3)42(59)53(4)35(26-30-18-10-7-11-19-30)40(57)47-25-15-13-20-31(39(56)52-37)50-44(62)51-33(43(60)61)21-12-14-24-45/h6-11,16-19,28,31-35,37H,5,12-15,20-27,45H2,1-4H3,(H,46,54)(H,47,57)(H,48,58)(H,49,55)(H,52,56)(H,60,61)(H2,50,51,62). The molecule has 0 bridgehead atoms. The van der Waals surface area contributed by atoms with E-state index in [0.717, 1.165) is 11.1 Å². The second-order valence-corrected chi connectivity index (χ2v) is 15.7. The highest BCUT2D eigenvalue weighted by molar-refractivity contribution is 5.98. The molecule has 0 saturated carbocycles. The Kier molecular flexibility index (Phi) is 21.4. The van der Waals surface area contributed by atoms with Crippen LogP contribution in [0.25, 0.3) is 0 Å². The molecule has 0 aliphatic carbocycles. The van der Waals surface area contributed by atoms with Crippen LogP contribution in [0.1, 0.15) is 82.8 Å². The smallest absolute Gasteiger partial charge is 0.326 e. The number of amides is 8. The van der Waals surface area contributed by atoms with Gasteiger partial charge < -0.3 is 53.0 Å². The largest absolute Gasteiger partial charge is 0.480 e. The second kappa shape index (κ2) is 26.3. The van der Waals surface area contributed by atoms with Gasteiger partial charge in [0.05, 0.1) is 6.42 Å². The van der Waals surface area contributed by atoms with Crippen LogP contribution in [0.15, 0.2) is 60.7 Å². The molecular weight excluding hydrogens is 799 g/mol. The number of likely N-dealkylation sites (N-methyl/N-ethyl adjacent to an activating group) is 1. The van der Waals surface area contributed by atoms with E-state index in [-0.39, 0.29) is 32.2 Å². The Bertz CT molecular complexity index is 1800. The Morgan fingerprint density at radius 3 is 2.11 bits per heavy atom. The highest BCUT2D eigenvalue weighted by Gasteiger charge is 2.37. The molecule has 340 valence electrons. The average Bonchev–Trinajstić information content (AvgIpc) is 3.26. The Balaban J connectivity index is 2.06. The molecule has 1 aliphatic heterocycles. The number of urea groups is 1. The van der Waals surface area contributed by atoms with Gasteiger partial charge in [-0.25, -0.2) is 9.59 Å². The van der Waals surface area contributed by atoms with E-state index in [4.69, 9.17) is 5.73 Å². The van der Waals surface area contributed by atoms with E-state index in [1.165, 1.54) is 19.0 Å². The number of rotatable bonds is 16. The van der Waals surface area contributed by atoms with E-state index >= 15 is 0 Å². The molecule has 18 heteroatoms. The fourth-order valence-corrected chi connectivity index (χ4v) is 7.02. The van der Waals surface area contributed by atoms with Crippen molar-refractivity contribution in [3.63, 3.8) is 0 Å². The van der Waals surface area contributed by atoms with Gasteiger partial charge >= 0.3 is 12.0 Å². The maximum absolute atomic E-state index is 14.3. The van der Waals surface area contributed by atoms with Crippen LogP contribution < -0.4 is 43.0 Å². The number of unbranched alkanes of at least 4 members (excludes halogenated alkanes) is 1. The summed E-state index contributed by atoms with van der Waals surface area (Å²) >= 11 is 0. The van der Waals surface area contributed by atoms with Gasteiger partial charge in [-0.15, -0.1) is 0 Å². The van der Waals surface area contributed by atoms with E-state index in [9.17, 15) is 43.5 Å². The zero-order chi connectivity index (χ0) is 45.6. The van der Waals surface area contributed by atoms with Crippen molar-refractivity contribution in [1.82, 2.24) is 42.1 Å². The van der Waals surface area contributed by atoms with Gasteiger partial charge in [-0.1, -0.05) is 80.9 Å². The van der Waals surface area contributed by atoms with Crippen molar-refractivity contribution in [2.75, 3.05) is 27.2 Å². The number of aliphatic carboxylic acids is 1. The average molecular weight is 864 g/mol. The Morgan fingerprint density at radius 1 is 0.855 bits per heavy atom. The molecule has 18 nitrogen and oxygen atoms in total. The first-order valence-corrected chi connectivity index (χ1v) is 21.4. The Labute approximate surface area is 363 Å². The molecule has 1 aliphatic rings. The molecule has 62 heavy (non-hydrogen) atoms. The van der Waals surface area contributed by atoms with Crippen molar-refractivity contribution < 1.29 is 43.5 Å².